The number of imidazole rings is 1. The number of hydrogen-bond donors (Lipinski definition) is 2. The second-order valence-corrected chi connectivity index (χ2v) is 4.46. The summed E-state index contributed by atoms with van der Waals surface area (Å²) in [7, 11) is 1.42. The van der Waals surface area contributed by atoms with E-state index in [-0.39, 0.29) is 12.4 Å². The van der Waals surface area contributed by atoms with E-state index >= 15 is 0 Å². The smallest absolute Gasteiger partial charge is 0.165 e. The van der Waals surface area contributed by atoms with Crippen LogP contribution in [0.3, 0.4) is 0 Å². The Hall–Kier alpha value is -1.40. The van der Waals surface area contributed by atoms with Crippen LogP contribution in [0, 0.1) is 5.82 Å². The summed E-state index contributed by atoms with van der Waals surface area (Å²) in [5, 5.41) is 8.85. The van der Waals surface area contributed by atoms with Gasteiger partial charge in [-0.15, -0.1) is 0 Å². The summed E-state index contributed by atoms with van der Waals surface area (Å²) in [6.07, 6.45) is 0.428. The molecule has 6 heteroatoms. The number of halogens is 2. The first-order valence-corrected chi connectivity index (χ1v) is 6.14. The summed E-state index contributed by atoms with van der Waals surface area (Å²) in [6, 6.07) is 4.64. The molecule has 0 saturated carbocycles. The Kier molecular flexibility index (Phi) is 3.98. The number of hydrogen-bond acceptors (Lipinski definition) is 3. The third-order valence-electron chi connectivity index (χ3n) is 2.48. The molecule has 0 bridgehead atoms. The molecule has 2 N–H and O–H groups in total. The maximum atomic E-state index is 13.6. The molecule has 0 atom stereocenters. The molecule has 2 rings (SSSR count). The van der Waals surface area contributed by atoms with Crippen LogP contribution in [0.25, 0.3) is 11.3 Å². The first kappa shape index (κ1) is 13.0. The van der Waals surface area contributed by atoms with Gasteiger partial charge in [-0.2, -0.15) is 0 Å². The van der Waals surface area contributed by atoms with Crippen molar-refractivity contribution in [3.05, 3.63) is 34.4 Å². The van der Waals surface area contributed by atoms with Crippen LogP contribution in [0.4, 0.5) is 4.39 Å². The summed E-state index contributed by atoms with van der Waals surface area (Å²) in [5.41, 5.74) is 1.25. The van der Waals surface area contributed by atoms with E-state index in [0.717, 1.165) is 0 Å². The first-order valence-electron chi connectivity index (χ1n) is 5.35. The van der Waals surface area contributed by atoms with Crippen molar-refractivity contribution in [1.29, 1.82) is 0 Å². The van der Waals surface area contributed by atoms with E-state index in [9.17, 15) is 4.39 Å². The summed E-state index contributed by atoms with van der Waals surface area (Å²) >= 11 is 3.33. The van der Waals surface area contributed by atoms with E-state index in [1.807, 2.05) is 0 Å². The maximum Gasteiger partial charge on any atom is 0.165 e. The first-order chi connectivity index (χ1) is 8.65. The average Bonchev–Trinajstić information content (AvgIpc) is 2.71. The number of aromatic nitrogens is 2. The van der Waals surface area contributed by atoms with Gasteiger partial charge in [-0.1, -0.05) is 0 Å². The Morgan fingerprint density at radius 1 is 1.50 bits per heavy atom. The van der Waals surface area contributed by atoms with Crippen molar-refractivity contribution in [2.24, 2.45) is 0 Å². The molecule has 4 nitrogen and oxygen atoms in total. The van der Waals surface area contributed by atoms with Crippen molar-refractivity contribution in [3.8, 4) is 17.0 Å². The van der Waals surface area contributed by atoms with Gasteiger partial charge in [0.05, 0.1) is 13.7 Å². The van der Waals surface area contributed by atoms with Crippen LogP contribution in [0.1, 0.15) is 5.82 Å². The lowest BCUT2D eigenvalue weighted by Gasteiger charge is -2.03. The molecule has 0 fully saturated rings. The standard InChI is InChI=1S/C12H12BrFN2O2/c1-18-9-3-2-7(6-8(9)14)11-12(13)16-10(15-11)4-5-17/h2-3,6,17H,4-5H2,1H3,(H,15,16). The van der Waals surface area contributed by atoms with Gasteiger partial charge >= 0.3 is 0 Å². The lowest BCUT2D eigenvalue weighted by atomic mass is 10.1. The van der Waals surface area contributed by atoms with Gasteiger partial charge in [0.25, 0.3) is 0 Å². The number of nitrogens with zero attached hydrogens (tertiary/aromatic N) is 1. The monoisotopic (exact) mass is 314 g/mol. The number of benzene rings is 1. The average molecular weight is 315 g/mol. The zero-order chi connectivity index (χ0) is 13.1. The van der Waals surface area contributed by atoms with Gasteiger partial charge in [-0.25, -0.2) is 9.37 Å². The van der Waals surface area contributed by atoms with Crippen LogP contribution < -0.4 is 4.74 Å². The van der Waals surface area contributed by atoms with Crippen molar-refractivity contribution < 1.29 is 14.2 Å². The SMILES string of the molecule is COc1ccc(-c2nc(CCO)[nH]c2Br)cc1F. The Morgan fingerprint density at radius 3 is 2.89 bits per heavy atom. The van der Waals surface area contributed by atoms with Gasteiger partial charge in [0, 0.05) is 12.0 Å². The van der Waals surface area contributed by atoms with E-state index < -0.39 is 5.82 Å². The fraction of sp³-hybridized carbons (Fsp3) is 0.250. The second kappa shape index (κ2) is 5.49. The van der Waals surface area contributed by atoms with E-state index in [4.69, 9.17) is 9.84 Å². The van der Waals surface area contributed by atoms with E-state index in [0.29, 0.717) is 28.1 Å². The van der Waals surface area contributed by atoms with Crippen LogP contribution >= 0.6 is 15.9 Å². The van der Waals surface area contributed by atoms with Crippen LogP contribution in [0.5, 0.6) is 5.75 Å². The Balaban J connectivity index is 2.39. The number of rotatable bonds is 4. The highest BCUT2D eigenvalue weighted by molar-refractivity contribution is 9.10. The van der Waals surface area contributed by atoms with Gasteiger partial charge < -0.3 is 14.8 Å². The molecule has 0 amide bonds. The third kappa shape index (κ3) is 2.54. The topological polar surface area (TPSA) is 58.1 Å². The molecule has 1 aromatic carbocycles. The number of aliphatic hydroxyl groups excluding tert-OH is 1. The zero-order valence-corrected chi connectivity index (χ0v) is 11.3. The lowest BCUT2D eigenvalue weighted by Crippen LogP contribution is -1.92. The molecule has 0 aliphatic carbocycles. The maximum absolute atomic E-state index is 13.6. The predicted molar refractivity (Wildman–Crippen MR) is 69.0 cm³/mol. The third-order valence-corrected chi connectivity index (χ3v) is 3.06. The quantitative estimate of drug-likeness (QED) is 0.911. The fourth-order valence-corrected chi connectivity index (χ4v) is 2.17. The highest BCUT2D eigenvalue weighted by atomic mass is 79.9. The van der Waals surface area contributed by atoms with Crippen LogP contribution in [0.2, 0.25) is 0 Å². The molecular weight excluding hydrogens is 303 g/mol. The molecular formula is C12H12BrFN2O2. The molecule has 1 heterocycles. The summed E-state index contributed by atoms with van der Waals surface area (Å²) in [6.45, 7) is 0.0103. The Labute approximate surface area is 112 Å². The van der Waals surface area contributed by atoms with Crippen molar-refractivity contribution >= 4 is 15.9 Å². The highest BCUT2D eigenvalue weighted by Crippen LogP contribution is 2.29. The van der Waals surface area contributed by atoms with Crippen molar-refractivity contribution in [1.82, 2.24) is 9.97 Å². The van der Waals surface area contributed by atoms with Gasteiger partial charge in [-0.05, 0) is 34.1 Å². The molecule has 96 valence electrons. The molecule has 0 aliphatic heterocycles. The lowest BCUT2D eigenvalue weighted by molar-refractivity contribution is 0.297. The number of nitrogens with one attached hydrogen (secondary N) is 1. The summed E-state index contributed by atoms with van der Waals surface area (Å²) in [5.74, 6) is 0.408. The molecule has 0 unspecified atom stereocenters. The van der Waals surface area contributed by atoms with E-state index in [1.165, 1.54) is 13.2 Å². The number of H-pyrrole nitrogens is 1. The predicted octanol–water partition coefficient (Wildman–Crippen LogP) is 2.52. The van der Waals surface area contributed by atoms with Crippen LogP contribution in [0.15, 0.2) is 22.8 Å². The molecule has 0 spiro atoms. The summed E-state index contributed by atoms with van der Waals surface area (Å²) < 4.78 is 19.1. The molecule has 18 heavy (non-hydrogen) atoms. The number of ether oxygens (including phenoxy) is 1. The molecule has 0 aliphatic rings. The van der Waals surface area contributed by atoms with Gasteiger partial charge in [0.15, 0.2) is 11.6 Å². The highest BCUT2D eigenvalue weighted by Gasteiger charge is 2.12. The van der Waals surface area contributed by atoms with Crippen LogP contribution in [-0.4, -0.2) is 28.8 Å². The molecule has 2 aromatic rings. The molecule has 1 aromatic heterocycles. The fourth-order valence-electron chi connectivity index (χ4n) is 1.63. The van der Waals surface area contributed by atoms with Crippen LogP contribution in [-0.2, 0) is 6.42 Å². The van der Waals surface area contributed by atoms with Gasteiger partial charge in [0.2, 0.25) is 0 Å². The minimum Gasteiger partial charge on any atom is -0.494 e. The van der Waals surface area contributed by atoms with Crippen molar-refractivity contribution in [2.45, 2.75) is 6.42 Å². The van der Waals surface area contributed by atoms with E-state index in [2.05, 4.69) is 25.9 Å². The Morgan fingerprint density at radius 2 is 2.28 bits per heavy atom. The minimum absolute atomic E-state index is 0.0103. The minimum atomic E-state index is -0.436. The van der Waals surface area contributed by atoms with Crippen molar-refractivity contribution in [3.63, 3.8) is 0 Å². The summed E-state index contributed by atoms with van der Waals surface area (Å²) in [4.78, 5) is 7.28. The normalized spacial score (nSPS) is 10.7. The largest absolute Gasteiger partial charge is 0.494 e. The molecule has 0 saturated heterocycles. The van der Waals surface area contributed by atoms with E-state index in [1.54, 1.807) is 12.1 Å². The Bertz CT molecular complexity index is 557. The molecule has 0 radical (unpaired) electrons. The second-order valence-electron chi connectivity index (χ2n) is 3.67. The zero-order valence-electron chi connectivity index (χ0n) is 9.70. The number of methoxy groups -OCH3 is 1. The van der Waals surface area contributed by atoms with Crippen molar-refractivity contribution in [2.75, 3.05) is 13.7 Å². The van der Waals surface area contributed by atoms with Gasteiger partial charge in [-0.3, -0.25) is 0 Å². The number of aliphatic hydroxyl groups is 1. The number of aromatic amines is 1. The van der Waals surface area contributed by atoms with Gasteiger partial charge in [0.1, 0.15) is 16.1 Å².